The number of amides is 1. The molecule has 4 rings (SSSR count). The lowest BCUT2D eigenvalue weighted by atomic mass is 9.93. The molecule has 2 heterocycles. The van der Waals surface area contributed by atoms with Crippen LogP contribution >= 0.6 is 11.6 Å². The van der Waals surface area contributed by atoms with E-state index in [4.69, 9.17) is 21.1 Å². The quantitative estimate of drug-likeness (QED) is 0.467. The zero-order chi connectivity index (χ0) is 23.4. The maximum atomic E-state index is 12.1. The van der Waals surface area contributed by atoms with E-state index in [0.29, 0.717) is 11.5 Å². The first-order chi connectivity index (χ1) is 15.7. The average molecular weight is 470 g/mol. The molecule has 174 valence electrons. The molecule has 2 aromatic heterocycles. The zero-order valence-electron chi connectivity index (χ0n) is 19.0. The number of carbonyl (C=O) groups is 1. The summed E-state index contributed by atoms with van der Waals surface area (Å²) in [5.74, 6) is 1.49. The summed E-state index contributed by atoms with van der Waals surface area (Å²) in [6, 6.07) is 7.92. The number of fused-ring (bicyclic) bond motifs is 1. The SMILES string of the molecule is CC(C)(C)OC(=O)N[C@H]1CCC[C@@H](Oc2ccc3c(Nc4cnc(Cl)nc4)nccc3c2)C1. The van der Waals surface area contributed by atoms with Crippen molar-refractivity contribution in [2.75, 3.05) is 5.32 Å². The van der Waals surface area contributed by atoms with Crippen LogP contribution in [0.2, 0.25) is 5.28 Å². The second-order valence-corrected chi connectivity index (χ2v) is 9.50. The smallest absolute Gasteiger partial charge is 0.407 e. The van der Waals surface area contributed by atoms with Crippen LogP contribution < -0.4 is 15.4 Å². The van der Waals surface area contributed by atoms with Gasteiger partial charge in [0.05, 0.1) is 18.1 Å². The van der Waals surface area contributed by atoms with E-state index in [1.165, 1.54) is 0 Å². The van der Waals surface area contributed by atoms with E-state index < -0.39 is 5.60 Å². The van der Waals surface area contributed by atoms with Crippen molar-refractivity contribution in [1.29, 1.82) is 0 Å². The third-order valence-electron chi connectivity index (χ3n) is 5.27. The third-order valence-corrected chi connectivity index (χ3v) is 5.46. The molecule has 2 atom stereocenters. The van der Waals surface area contributed by atoms with Crippen LogP contribution in [0.15, 0.2) is 42.9 Å². The molecule has 8 nitrogen and oxygen atoms in total. The normalized spacial score (nSPS) is 18.5. The van der Waals surface area contributed by atoms with Crippen LogP contribution in [0.25, 0.3) is 10.8 Å². The van der Waals surface area contributed by atoms with Gasteiger partial charge in [-0.25, -0.2) is 19.7 Å². The van der Waals surface area contributed by atoms with E-state index in [1.807, 2.05) is 45.0 Å². The average Bonchev–Trinajstić information content (AvgIpc) is 2.74. The Morgan fingerprint density at radius 3 is 2.67 bits per heavy atom. The summed E-state index contributed by atoms with van der Waals surface area (Å²) in [6.45, 7) is 5.58. The third kappa shape index (κ3) is 6.44. The number of nitrogens with zero attached hydrogens (tertiary/aromatic N) is 3. The Labute approximate surface area is 198 Å². The van der Waals surface area contributed by atoms with Gasteiger partial charge in [-0.15, -0.1) is 0 Å². The minimum Gasteiger partial charge on any atom is -0.490 e. The highest BCUT2D eigenvalue weighted by molar-refractivity contribution is 6.28. The van der Waals surface area contributed by atoms with Crippen molar-refractivity contribution in [3.05, 3.63) is 48.1 Å². The van der Waals surface area contributed by atoms with E-state index in [0.717, 1.165) is 42.2 Å². The molecule has 1 aliphatic carbocycles. The summed E-state index contributed by atoms with van der Waals surface area (Å²) in [7, 11) is 0. The molecule has 1 amide bonds. The van der Waals surface area contributed by atoms with Crippen LogP contribution in [0.4, 0.5) is 16.3 Å². The van der Waals surface area contributed by atoms with Crippen LogP contribution in [0.1, 0.15) is 46.5 Å². The molecule has 0 radical (unpaired) electrons. The number of hydrogen-bond donors (Lipinski definition) is 2. The van der Waals surface area contributed by atoms with E-state index in [9.17, 15) is 4.79 Å². The highest BCUT2D eigenvalue weighted by Gasteiger charge is 2.26. The van der Waals surface area contributed by atoms with Gasteiger partial charge < -0.3 is 20.1 Å². The number of ether oxygens (including phenoxy) is 2. The number of alkyl carbamates (subject to hydrolysis) is 1. The summed E-state index contributed by atoms with van der Waals surface area (Å²) in [5, 5.41) is 8.35. The van der Waals surface area contributed by atoms with Crippen molar-refractivity contribution < 1.29 is 14.3 Å². The number of pyridine rings is 1. The van der Waals surface area contributed by atoms with Gasteiger partial charge in [-0.3, -0.25) is 0 Å². The fraction of sp³-hybridized carbons (Fsp3) is 0.417. The Bertz CT molecular complexity index is 1120. The first kappa shape index (κ1) is 23.0. The molecule has 0 aliphatic heterocycles. The largest absolute Gasteiger partial charge is 0.490 e. The van der Waals surface area contributed by atoms with Crippen LogP contribution in [0.3, 0.4) is 0 Å². The van der Waals surface area contributed by atoms with Gasteiger partial charge in [-0.2, -0.15) is 0 Å². The second-order valence-electron chi connectivity index (χ2n) is 9.16. The highest BCUT2D eigenvalue weighted by Crippen LogP contribution is 2.30. The van der Waals surface area contributed by atoms with Crippen molar-refractivity contribution >= 4 is 40.0 Å². The topological polar surface area (TPSA) is 98.3 Å². The number of halogens is 1. The number of carbonyl (C=O) groups excluding carboxylic acids is 1. The number of rotatable bonds is 5. The van der Waals surface area contributed by atoms with Gasteiger partial charge in [0.1, 0.15) is 23.3 Å². The predicted molar refractivity (Wildman–Crippen MR) is 128 cm³/mol. The Kier molecular flexibility index (Phi) is 6.83. The maximum absolute atomic E-state index is 12.1. The van der Waals surface area contributed by atoms with E-state index in [2.05, 4.69) is 25.6 Å². The Hall–Kier alpha value is -3.13. The molecule has 1 saturated carbocycles. The first-order valence-corrected chi connectivity index (χ1v) is 11.4. The van der Waals surface area contributed by atoms with Crippen LogP contribution in [0, 0.1) is 0 Å². The minimum atomic E-state index is -0.511. The van der Waals surface area contributed by atoms with Crippen molar-refractivity contribution in [1.82, 2.24) is 20.3 Å². The molecular formula is C24H28ClN5O3. The second kappa shape index (κ2) is 9.79. The van der Waals surface area contributed by atoms with Crippen molar-refractivity contribution in [3.63, 3.8) is 0 Å². The Balaban J connectivity index is 1.41. The standard InChI is InChI=1S/C24H28ClN5O3/c1-24(2,3)33-23(31)30-16-5-4-6-18(12-16)32-19-7-8-20-15(11-19)9-10-26-21(20)29-17-13-27-22(25)28-14-17/h7-11,13-14,16,18H,4-6,12H2,1-3H3,(H,26,29)(H,30,31)/t16-,18+/m0/s1. The molecule has 1 fully saturated rings. The van der Waals surface area contributed by atoms with Crippen LogP contribution in [-0.4, -0.2) is 38.8 Å². The molecule has 0 unspecified atom stereocenters. The highest BCUT2D eigenvalue weighted by atomic mass is 35.5. The van der Waals surface area contributed by atoms with Gasteiger partial charge in [-0.05, 0) is 81.3 Å². The first-order valence-electron chi connectivity index (χ1n) is 11.0. The van der Waals surface area contributed by atoms with Gasteiger partial charge in [0.25, 0.3) is 0 Å². The summed E-state index contributed by atoms with van der Waals surface area (Å²) in [6.07, 6.45) is 8.22. The zero-order valence-corrected chi connectivity index (χ0v) is 19.7. The molecule has 1 aromatic carbocycles. The summed E-state index contributed by atoms with van der Waals surface area (Å²) in [4.78, 5) is 24.5. The predicted octanol–water partition coefficient (Wildman–Crippen LogP) is 5.64. The molecule has 33 heavy (non-hydrogen) atoms. The molecule has 1 aliphatic rings. The monoisotopic (exact) mass is 469 g/mol. The van der Waals surface area contributed by atoms with Crippen molar-refractivity contribution in [2.24, 2.45) is 0 Å². The van der Waals surface area contributed by atoms with Crippen molar-refractivity contribution in [3.8, 4) is 5.75 Å². The number of anilines is 2. The maximum Gasteiger partial charge on any atom is 0.407 e. The molecule has 0 spiro atoms. The summed E-state index contributed by atoms with van der Waals surface area (Å²) >= 11 is 5.76. The summed E-state index contributed by atoms with van der Waals surface area (Å²) in [5.41, 5.74) is 0.188. The van der Waals surface area contributed by atoms with Gasteiger partial charge >= 0.3 is 6.09 Å². The molecule has 9 heteroatoms. The van der Waals surface area contributed by atoms with E-state index >= 15 is 0 Å². The van der Waals surface area contributed by atoms with Gasteiger partial charge in [0.15, 0.2) is 0 Å². The van der Waals surface area contributed by atoms with Crippen LogP contribution in [-0.2, 0) is 4.74 Å². The molecule has 0 saturated heterocycles. The number of hydrogen-bond acceptors (Lipinski definition) is 7. The number of aromatic nitrogens is 3. The molecule has 2 N–H and O–H groups in total. The van der Waals surface area contributed by atoms with Gasteiger partial charge in [0, 0.05) is 24.0 Å². The molecule has 0 bridgehead atoms. The lowest BCUT2D eigenvalue weighted by Gasteiger charge is -2.31. The Morgan fingerprint density at radius 1 is 1.12 bits per heavy atom. The fourth-order valence-electron chi connectivity index (χ4n) is 3.89. The van der Waals surface area contributed by atoms with E-state index in [-0.39, 0.29) is 23.5 Å². The number of benzene rings is 1. The Morgan fingerprint density at radius 2 is 1.91 bits per heavy atom. The van der Waals surface area contributed by atoms with Gasteiger partial charge in [-0.1, -0.05) is 0 Å². The van der Waals surface area contributed by atoms with Crippen LogP contribution in [0.5, 0.6) is 5.75 Å². The van der Waals surface area contributed by atoms with E-state index in [1.54, 1.807) is 18.6 Å². The molecule has 3 aromatic rings. The minimum absolute atomic E-state index is 0.0294. The van der Waals surface area contributed by atoms with Gasteiger partial charge in [0.2, 0.25) is 5.28 Å². The van der Waals surface area contributed by atoms with Crippen molar-refractivity contribution in [2.45, 2.75) is 64.2 Å². The lowest BCUT2D eigenvalue weighted by Crippen LogP contribution is -2.43. The fourth-order valence-corrected chi connectivity index (χ4v) is 3.99. The lowest BCUT2D eigenvalue weighted by molar-refractivity contribution is 0.0463. The number of nitrogens with one attached hydrogen (secondary N) is 2. The molecular weight excluding hydrogens is 442 g/mol. The summed E-state index contributed by atoms with van der Waals surface area (Å²) < 4.78 is 11.7.